The van der Waals surface area contributed by atoms with Crippen molar-refractivity contribution < 1.29 is 9.53 Å². The van der Waals surface area contributed by atoms with E-state index in [4.69, 9.17) is 4.74 Å². The molecule has 0 saturated carbocycles. The highest BCUT2D eigenvalue weighted by Gasteiger charge is 2.22. The van der Waals surface area contributed by atoms with E-state index in [1.807, 2.05) is 20.8 Å². The molecule has 2 heteroatoms. The lowest BCUT2D eigenvalue weighted by Crippen LogP contribution is -2.23. The summed E-state index contributed by atoms with van der Waals surface area (Å²) < 4.78 is 5.20. The molecule has 0 aromatic carbocycles. The fraction of sp³-hybridized carbons (Fsp3) is 0.929. The van der Waals surface area contributed by atoms with E-state index >= 15 is 0 Å². The first-order valence-corrected chi connectivity index (χ1v) is 6.65. The molecule has 0 bridgehead atoms. The van der Waals surface area contributed by atoms with Crippen LogP contribution >= 0.6 is 0 Å². The Morgan fingerprint density at radius 1 is 0.938 bits per heavy atom. The smallest absolute Gasteiger partial charge is 0.311 e. The summed E-state index contributed by atoms with van der Waals surface area (Å²) in [6.45, 7) is 8.48. The van der Waals surface area contributed by atoms with Crippen LogP contribution in [0.2, 0.25) is 0 Å². The maximum atomic E-state index is 11.4. The second kappa shape index (κ2) is 8.60. The summed E-state index contributed by atoms with van der Waals surface area (Å²) in [5.41, 5.74) is -0.360. The van der Waals surface area contributed by atoms with Gasteiger partial charge in [0, 0.05) is 0 Å². The molecule has 0 N–H and O–H groups in total. The van der Waals surface area contributed by atoms with Crippen LogP contribution in [-0.4, -0.2) is 12.6 Å². The number of hydrogen-bond acceptors (Lipinski definition) is 2. The summed E-state index contributed by atoms with van der Waals surface area (Å²) in [5, 5.41) is 0. The molecule has 0 aromatic rings. The van der Waals surface area contributed by atoms with Gasteiger partial charge in [-0.15, -0.1) is 0 Å². The van der Waals surface area contributed by atoms with Crippen LogP contribution in [0.5, 0.6) is 0 Å². The van der Waals surface area contributed by atoms with E-state index in [2.05, 4.69) is 6.92 Å². The molecule has 2 nitrogen and oxygen atoms in total. The fourth-order valence-electron chi connectivity index (χ4n) is 1.44. The Morgan fingerprint density at radius 2 is 1.44 bits per heavy atom. The molecule has 0 spiro atoms. The quantitative estimate of drug-likeness (QED) is 0.456. The first-order chi connectivity index (χ1) is 7.48. The third-order valence-electron chi connectivity index (χ3n) is 2.59. The van der Waals surface area contributed by atoms with Gasteiger partial charge in [0.2, 0.25) is 0 Å². The van der Waals surface area contributed by atoms with E-state index in [0.29, 0.717) is 6.61 Å². The largest absolute Gasteiger partial charge is 0.465 e. The maximum Gasteiger partial charge on any atom is 0.311 e. The molecular weight excluding hydrogens is 200 g/mol. The molecule has 0 aliphatic carbocycles. The first-order valence-electron chi connectivity index (χ1n) is 6.65. The summed E-state index contributed by atoms with van der Waals surface area (Å²) in [5.74, 6) is -0.0847. The molecule has 16 heavy (non-hydrogen) atoms. The van der Waals surface area contributed by atoms with Crippen LogP contribution < -0.4 is 0 Å². The van der Waals surface area contributed by atoms with Crippen molar-refractivity contribution in [2.75, 3.05) is 6.61 Å². The number of ether oxygens (including phenoxy) is 1. The SMILES string of the molecule is CCCCCCCCCOC(=O)C(C)(C)C. The predicted octanol–water partition coefficient (Wildman–Crippen LogP) is 4.33. The number of carbonyl (C=O) groups excluding carboxylic acids is 1. The van der Waals surface area contributed by atoms with Gasteiger partial charge in [0.25, 0.3) is 0 Å². The van der Waals surface area contributed by atoms with Crippen LogP contribution in [0.25, 0.3) is 0 Å². The van der Waals surface area contributed by atoms with E-state index in [9.17, 15) is 4.79 Å². The van der Waals surface area contributed by atoms with E-state index in [1.165, 1.54) is 38.5 Å². The summed E-state index contributed by atoms with van der Waals surface area (Å²) >= 11 is 0. The van der Waals surface area contributed by atoms with Gasteiger partial charge in [-0.25, -0.2) is 0 Å². The minimum absolute atomic E-state index is 0.0847. The Kier molecular flexibility index (Phi) is 8.32. The molecule has 0 radical (unpaired) electrons. The highest BCUT2D eigenvalue weighted by atomic mass is 16.5. The lowest BCUT2D eigenvalue weighted by molar-refractivity contribution is -0.153. The second-order valence-corrected chi connectivity index (χ2v) is 5.51. The second-order valence-electron chi connectivity index (χ2n) is 5.51. The number of unbranched alkanes of at least 4 members (excludes halogenated alkanes) is 6. The van der Waals surface area contributed by atoms with Gasteiger partial charge in [0.1, 0.15) is 0 Å². The highest BCUT2D eigenvalue weighted by Crippen LogP contribution is 2.15. The van der Waals surface area contributed by atoms with Crippen molar-refractivity contribution in [2.45, 2.75) is 72.6 Å². The highest BCUT2D eigenvalue weighted by molar-refractivity contribution is 5.75. The van der Waals surface area contributed by atoms with Crippen LogP contribution in [-0.2, 0) is 9.53 Å². The van der Waals surface area contributed by atoms with Crippen molar-refractivity contribution in [1.29, 1.82) is 0 Å². The third-order valence-corrected chi connectivity index (χ3v) is 2.59. The monoisotopic (exact) mass is 228 g/mol. The number of esters is 1. The predicted molar refractivity (Wildman–Crippen MR) is 68.4 cm³/mol. The van der Waals surface area contributed by atoms with Gasteiger partial charge in [-0.1, -0.05) is 45.4 Å². The van der Waals surface area contributed by atoms with Crippen LogP contribution in [0, 0.1) is 5.41 Å². The minimum atomic E-state index is -0.360. The maximum absolute atomic E-state index is 11.4. The van der Waals surface area contributed by atoms with E-state index < -0.39 is 0 Å². The average Bonchev–Trinajstić information content (AvgIpc) is 2.20. The summed E-state index contributed by atoms with van der Waals surface area (Å²) in [6, 6.07) is 0. The Balaban J connectivity index is 3.25. The van der Waals surface area contributed by atoms with Crippen LogP contribution in [0.15, 0.2) is 0 Å². The molecule has 96 valence electrons. The lowest BCUT2D eigenvalue weighted by Gasteiger charge is -2.16. The van der Waals surface area contributed by atoms with E-state index in [0.717, 1.165) is 6.42 Å². The van der Waals surface area contributed by atoms with Gasteiger partial charge in [0.05, 0.1) is 12.0 Å². The summed E-state index contributed by atoms with van der Waals surface area (Å²) in [4.78, 5) is 11.4. The summed E-state index contributed by atoms with van der Waals surface area (Å²) in [7, 11) is 0. The van der Waals surface area contributed by atoms with Crippen molar-refractivity contribution in [1.82, 2.24) is 0 Å². The van der Waals surface area contributed by atoms with E-state index in [-0.39, 0.29) is 11.4 Å². The van der Waals surface area contributed by atoms with Gasteiger partial charge in [0.15, 0.2) is 0 Å². The van der Waals surface area contributed by atoms with Gasteiger partial charge in [-0.05, 0) is 27.2 Å². The van der Waals surface area contributed by atoms with Crippen molar-refractivity contribution >= 4 is 5.97 Å². The molecule has 0 aliphatic heterocycles. The Hall–Kier alpha value is -0.530. The molecular formula is C14H28O2. The van der Waals surface area contributed by atoms with Gasteiger partial charge < -0.3 is 4.74 Å². The third kappa shape index (κ3) is 8.75. The van der Waals surface area contributed by atoms with Crippen molar-refractivity contribution in [2.24, 2.45) is 5.41 Å². The van der Waals surface area contributed by atoms with Crippen molar-refractivity contribution in [3.8, 4) is 0 Å². The van der Waals surface area contributed by atoms with Gasteiger partial charge in [-0.3, -0.25) is 4.79 Å². The molecule has 0 amide bonds. The number of carbonyl (C=O) groups is 1. The topological polar surface area (TPSA) is 26.3 Å². The molecule has 0 atom stereocenters. The molecule has 0 heterocycles. The van der Waals surface area contributed by atoms with E-state index in [1.54, 1.807) is 0 Å². The zero-order valence-corrected chi connectivity index (χ0v) is 11.5. The molecule has 0 aliphatic rings. The molecule has 0 fully saturated rings. The van der Waals surface area contributed by atoms with Crippen LogP contribution in [0.4, 0.5) is 0 Å². The zero-order chi connectivity index (χ0) is 12.4. The molecule has 0 saturated heterocycles. The lowest BCUT2D eigenvalue weighted by atomic mass is 9.97. The molecule has 0 rings (SSSR count). The van der Waals surface area contributed by atoms with Crippen LogP contribution in [0.1, 0.15) is 72.6 Å². The van der Waals surface area contributed by atoms with Crippen molar-refractivity contribution in [3.63, 3.8) is 0 Å². The molecule has 0 aromatic heterocycles. The van der Waals surface area contributed by atoms with Gasteiger partial charge >= 0.3 is 5.97 Å². The zero-order valence-electron chi connectivity index (χ0n) is 11.5. The summed E-state index contributed by atoms with van der Waals surface area (Å²) in [6.07, 6.45) is 8.77. The molecule has 0 unspecified atom stereocenters. The number of rotatable bonds is 8. The van der Waals surface area contributed by atoms with Crippen molar-refractivity contribution in [3.05, 3.63) is 0 Å². The minimum Gasteiger partial charge on any atom is -0.465 e. The average molecular weight is 228 g/mol. The first kappa shape index (κ1) is 15.5. The van der Waals surface area contributed by atoms with Gasteiger partial charge in [-0.2, -0.15) is 0 Å². The Labute approximate surface area is 101 Å². The van der Waals surface area contributed by atoms with Crippen LogP contribution in [0.3, 0.4) is 0 Å². The number of hydrogen-bond donors (Lipinski definition) is 0. The Bertz CT molecular complexity index is 180. The normalized spacial score (nSPS) is 11.5. The fourth-order valence-corrected chi connectivity index (χ4v) is 1.44. The standard InChI is InChI=1S/C14H28O2/c1-5-6-7-8-9-10-11-12-16-13(15)14(2,3)4/h5-12H2,1-4H3. The Morgan fingerprint density at radius 3 is 1.94 bits per heavy atom.